The Morgan fingerprint density at radius 3 is 2.40 bits per heavy atom. The molecule has 0 saturated carbocycles. The van der Waals surface area contributed by atoms with E-state index in [0.29, 0.717) is 11.3 Å². The average molecular weight is 220 g/mol. The first-order valence-corrected chi connectivity index (χ1v) is 4.26. The molecule has 6 heteroatoms. The molecule has 2 N–H and O–H groups in total. The molecule has 0 fully saturated rings. The van der Waals surface area contributed by atoms with Gasteiger partial charge in [0, 0.05) is 6.54 Å². The first kappa shape index (κ1) is 11.8. The van der Waals surface area contributed by atoms with Crippen molar-refractivity contribution in [1.29, 1.82) is 0 Å². The molecule has 0 saturated heterocycles. The molecule has 0 unspecified atom stereocenters. The number of alkyl halides is 3. The molecule has 0 atom stereocenters. The zero-order chi connectivity index (χ0) is 11.6. The number of halogens is 3. The molecule has 15 heavy (non-hydrogen) atoms. The summed E-state index contributed by atoms with van der Waals surface area (Å²) in [7, 11) is 0. The normalized spacial score (nSPS) is 11.6. The van der Waals surface area contributed by atoms with Crippen LogP contribution >= 0.6 is 0 Å². The first-order valence-electron chi connectivity index (χ1n) is 4.26. The van der Waals surface area contributed by atoms with Gasteiger partial charge in [0.2, 0.25) is 0 Å². The van der Waals surface area contributed by atoms with Crippen LogP contribution in [0.15, 0.2) is 6.07 Å². The summed E-state index contributed by atoms with van der Waals surface area (Å²) in [6.07, 6.45) is -4.69. The van der Waals surface area contributed by atoms with Gasteiger partial charge in [0.15, 0.2) is 5.75 Å². The van der Waals surface area contributed by atoms with E-state index in [9.17, 15) is 13.2 Å². The summed E-state index contributed by atoms with van der Waals surface area (Å²) >= 11 is 0. The molecule has 1 heterocycles. The lowest BCUT2D eigenvalue weighted by Gasteiger charge is -2.14. The van der Waals surface area contributed by atoms with E-state index in [1.165, 1.54) is 19.9 Å². The monoisotopic (exact) mass is 220 g/mol. The van der Waals surface area contributed by atoms with Gasteiger partial charge >= 0.3 is 6.36 Å². The van der Waals surface area contributed by atoms with E-state index in [1.807, 2.05) is 0 Å². The van der Waals surface area contributed by atoms with Crippen molar-refractivity contribution in [2.24, 2.45) is 5.73 Å². The van der Waals surface area contributed by atoms with Crippen LogP contribution in [0.3, 0.4) is 0 Å². The fourth-order valence-corrected chi connectivity index (χ4v) is 1.27. The van der Waals surface area contributed by atoms with Crippen LogP contribution in [0.25, 0.3) is 0 Å². The second-order valence-corrected chi connectivity index (χ2v) is 3.10. The molecule has 0 aliphatic carbocycles. The summed E-state index contributed by atoms with van der Waals surface area (Å²) in [5.41, 5.74) is 6.44. The van der Waals surface area contributed by atoms with Gasteiger partial charge < -0.3 is 10.5 Å². The maximum Gasteiger partial charge on any atom is 0.573 e. The molecule has 0 aliphatic heterocycles. The third-order valence-corrected chi connectivity index (χ3v) is 1.81. The summed E-state index contributed by atoms with van der Waals surface area (Å²) < 4.78 is 39.9. The lowest BCUT2D eigenvalue weighted by atomic mass is 10.2. The van der Waals surface area contributed by atoms with Crippen molar-refractivity contribution in [2.75, 3.05) is 0 Å². The number of hydrogen-bond acceptors (Lipinski definition) is 3. The van der Waals surface area contributed by atoms with Crippen molar-refractivity contribution < 1.29 is 17.9 Å². The SMILES string of the molecule is Cc1cc(CN)nc(C)c1OC(F)(F)F. The summed E-state index contributed by atoms with van der Waals surface area (Å²) in [6, 6.07) is 1.48. The van der Waals surface area contributed by atoms with Gasteiger partial charge in [-0.25, -0.2) is 0 Å². The van der Waals surface area contributed by atoms with Crippen molar-refractivity contribution >= 4 is 0 Å². The molecule has 0 bridgehead atoms. The molecule has 0 spiro atoms. The van der Waals surface area contributed by atoms with Crippen molar-refractivity contribution in [3.05, 3.63) is 23.0 Å². The third-order valence-electron chi connectivity index (χ3n) is 1.81. The molecule has 84 valence electrons. The van der Waals surface area contributed by atoms with Crippen LogP contribution in [0.2, 0.25) is 0 Å². The van der Waals surface area contributed by atoms with Gasteiger partial charge in [0.1, 0.15) is 0 Å². The quantitative estimate of drug-likeness (QED) is 0.829. The third kappa shape index (κ3) is 3.09. The van der Waals surface area contributed by atoms with Crippen LogP contribution in [0, 0.1) is 13.8 Å². The summed E-state index contributed by atoms with van der Waals surface area (Å²) in [6.45, 7) is 3.16. The van der Waals surface area contributed by atoms with Gasteiger partial charge in [-0.05, 0) is 25.5 Å². The van der Waals surface area contributed by atoms with Crippen LogP contribution in [0.1, 0.15) is 17.0 Å². The smallest absolute Gasteiger partial charge is 0.404 e. The molecular formula is C9H11F3N2O. The highest BCUT2D eigenvalue weighted by atomic mass is 19.4. The van der Waals surface area contributed by atoms with E-state index in [0.717, 1.165) is 0 Å². The number of rotatable bonds is 2. The number of nitrogens with zero attached hydrogens (tertiary/aromatic N) is 1. The van der Waals surface area contributed by atoms with E-state index in [4.69, 9.17) is 5.73 Å². The maximum atomic E-state index is 12.0. The molecule has 0 aliphatic rings. The van der Waals surface area contributed by atoms with Gasteiger partial charge in [-0.2, -0.15) is 0 Å². The van der Waals surface area contributed by atoms with Gasteiger partial charge in [-0.3, -0.25) is 4.98 Å². The Balaban J connectivity index is 3.09. The standard InChI is InChI=1S/C9H11F3N2O/c1-5-3-7(4-13)14-6(2)8(5)15-9(10,11)12/h3H,4,13H2,1-2H3. The lowest BCUT2D eigenvalue weighted by Crippen LogP contribution is -2.19. The van der Waals surface area contributed by atoms with E-state index in [-0.39, 0.29) is 18.0 Å². The second-order valence-electron chi connectivity index (χ2n) is 3.10. The minimum atomic E-state index is -4.69. The molecule has 0 radical (unpaired) electrons. The van der Waals surface area contributed by atoms with E-state index < -0.39 is 6.36 Å². The van der Waals surface area contributed by atoms with Crippen LogP contribution in [0.4, 0.5) is 13.2 Å². The minimum absolute atomic E-state index is 0.188. The van der Waals surface area contributed by atoms with Gasteiger partial charge in [0.05, 0.1) is 11.4 Å². The zero-order valence-corrected chi connectivity index (χ0v) is 8.35. The molecule has 0 amide bonds. The molecule has 3 nitrogen and oxygen atoms in total. The van der Waals surface area contributed by atoms with Gasteiger partial charge in [0.25, 0.3) is 0 Å². The van der Waals surface area contributed by atoms with Crippen molar-refractivity contribution in [3.63, 3.8) is 0 Å². The zero-order valence-electron chi connectivity index (χ0n) is 8.35. The van der Waals surface area contributed by atoms with Gasteiger partial charge in [-0.1, -0.05) is 0 Å². The van der Waals surface area contributed by atoms with Crippen molar-refractivity contribution in [1.82, 2.24) is 4.98 Å². The lowest BCUT2D eigenvalue weighted by molar-refractivity contribution is -0.275. The van der Waals surface area contributed by atoms with E-state index in [2.05, 4.69) is 9.72 Å². The van der Waals surface area contributed by atoms with Crippen LogP contribution in [-0.4, -0.2) is 11.3 Å². The highest BCUT2D eigenvalue weighted by Gasteiger charge is 2.32. The Morgan fingerprint density at radius 1 is 1.40 bits per heavy atom. The summed E-state index contributed by atoms with van der Waals surface area (Å²) in [4.78, 5) is 3.89. The molecule has 1 aromatic rings. The highest BCUT2D eigenvalue weighted by Crippen LogP contribution is 2.28. The van der Waals surface area contributed by atoms with E-state index >= 15 is 0 Å². The van der Waals surface area contributed by atoms with E-state index in [1.54, 1.807) is 0 Å². The highest BCUT2D eigenvalue weighted by molar-refractivity contribution is 5.37. The molecule has 1 aromatic heterocycles. The average Bonchev–Trinajstić information content (AvgIpc) is 2.09. The number of hydrogen-bond donors (Lipinski definition) is 1. The Kier molecular flexibility index (Phi) is 3.18. The van der Waals surface area contributed by atoms with Gasteiger partial charge in [-0.15, -0.1) is 13.2 Å². The number of ether oxygens (including phenoxy) is 1. The largest absolute Gasteiger partial charge is 0.573 e. The predicted molar refractivity (Wildman–Crippen MR) is 48.3 cm³/mol. The Morgan fingerprint density at radius 2 is 2.00 bits per heavy atom. The van der Waals surface area contributed by atoms with Crippen LogP contribution < -0.4 is 10.5 Å². The van der Waals surface area contributed by atoms with Crippen LogP contribution in [-0.2, 0) is 6.54 Å². The Bertz CT molecular complexity index is 340. The summed E-state index contributed by atoms with van der Waals surface area (Å²) in [5, 5.41) is 0. The van der Waals surface area contributed by atoms with Crippen molar-refractivity contribution in [2.45, 2.75) is 26.8 Å². The topological polar surface area (TPSA) is 48.1 Å². The number of nitrogens with two attached hydrogens (primary N) is 1. The molecular weight excluding hydrogens is 209 g/mol. The molecule has 1 rings (SSSR count). The number of pyridine rings is 1. The maximum absolute atomic E-state index is 12.0. The van der Waals surface area contributed by atoms with Crippen molar-refractivity contribution in [3.8, 4) is 5.75 Å². The number of aromatic nitrogens is 1. The first-order chi connectivity index (χ1) is 6.83. The fraction of sp³-hybridized carbons (Fsp3) is 0.444. The second kappa shape index (κ2) is 4.06. The predicted octanol–water partition coefficient (Wildman–Crippen LogP) is 2.06. The minimum Gasteiger partial charge on any atom is -0.404 e. The molecule has 0 aromatic carbocycles. The Labute approximate surface area is 85.1 Å². The Hall–Kier alpha value is -1.30. The van der Waals surface area contributed by atoms with Crippen LogP contribution in [0.5, 0.6) is 5.75 Å². The summed E-state index contributed by atoms with van der Waals surface area (Å²) in [5.74, 6) is -0.250. The number of aryl methyl sites for hydroxylation is 2. The fourth-order valence-electron chi connectivity index (χ4n) is 1.27.